The maximum absolute atomic E-state index is 8.63. The molecule has 0 rings (SSSR count). The molecule has 0 heterocycles. The fourth-order valence-corrected chi connectivity index (χ4v) is 0. The summed E-state index contributed by atoms with van der Waals surface area (Å²) in [5, 5.41) is 0. The molecular formula is HClLi2O4S. The zero-order valence-electron chi connectivity index (χ0n) is 4.46. The summed E-state index contributed by atoms with van der Waals surface area (Å²) in [4.78, 5) is 0. The molecule has 0 saturated heterocycles. The van der Waals surface area contributed by atoms with Crippen molar-refractivity contribution in [3.05, 3.63) is 0 Å². The molecule has 0 aliphatic rings. The second-order valence-corrected chi connectivity index (χ2v) is 1.28. The van der Waals surface area contributed by atoms with Crippen LogP contribution in [0, 0.1) is 0 Å². The molecular weight excluding hydrogens is 145 g/mol. The van der Waals surface area contributed by atoms with Crippen molar-refractivity contribution in [2.24, 2.45) is 0 Å². The molecule has 0 amide bonds. The van der Waals surface area contributed by atoms with E-state index in [9.17, 15) is 0 Å². The summed E-state index contributed by atoms with van der Waals surface area (Å²) in [6.07, 6.45) is 0. The Morgan fingerprint density at radius 1 is 1.25 bits per heavy atom. The molecule has 0 unspecified atom stereocenters. The van der Waals surface area contributed by atoms with E-state index in [-0.39, 0.29) is 50.1 Å². The van der Waals surface area contributed by atoms with Gasteiger partial charge in [-0.05, 0) is 0 Å². The Bertz CT molecular complexity index is 97.2. The van der Waals surface area contributed by atoms with E-state index in [1.54, 1.807) is 0 Å². The van der Waals surface area contributed by atoms with Crippen LogP contribution in [0.25, 0.3) is 0 Å². The van der Waals surface area contributed by atoms with Gasteiger partial charge in [0.2, 0.25) is 10.4 Å². The fourth-order valence-electron chi connectivity index (χ4n) is 0. The summed E-state index contributed by atoms with van der Waals surface area (Å²) in [6, 6.07) is 0. The van der Waals surface area contributed by atoms with E-state index in [1.165, 1.54) is 0 Å². The van der Waals surface area contributed by atoms with Crippen LogP contribution >= 0.6 is 0 Å². The third kappa shape index (κ3) is 162. The van der Waals surface area contributed by atoms with Gasteiger partial charge in [0.15, 0.2) is 0 Å². The Balaban J connectivity index is -0.0000000267. The SMILES string of the molecule is O=S(=O)([O-])O.[Cl-].[Li+].[Li+]. The second kappa shape index (κ2) is 8.35. The van der Waals surface area contributed by atoms with E-state index >= 15 is 0 Å². The molecule has 0 aromatic carbocycles. The van der Waals surface area contributed by atoms with Gasteiger partial charge in [-0.3, -0.25) is 4.55 Å². The van der Waals surface area contributed by atoms with Gasteiger partial charge in [-0.25, -0.2) is 8.42 Å². The van der Waals surface area contributed by atoms with Crippen LogP contribution in [-0.2, 0) is 10.4 Å². The van der Waals surface area contributed by atoms with Gasteiger partial charge in [-0.1, -0.05) is 0 Å². The summed E-state index contributed by atoms with van der Waals surface area (Å²) < 4.78 is 32.8. The second-order valence-electron chi connectivity index (χ2n) is 0.428. The monoisotopic (exact) mass is 146 g/mol. The van der Waals surface area contributed by atoms with E-state index < -0.39 is 10.4 Å². The largest absolute Gasteiger partial charge is 1.00 e. The van der Waals surface area contributed by atoms with Crippen LogP contribution in [0.4, 0.5) is 0 Å². The maximum Gasteiger partial charge on any atom is 1.00 e. The Labute approximate surface area is 77.8 Å². The first kappa shape index (κ1) is 22.8. The Kier molecular flexibility index (Phi) is 23.8. The van der Waals surface area contributed by atoms with Crippen molar-refractivity contribution in [2.75, 3.05) is 0 Å². The van der Waals surface area contributed by atoms with E-state index in [2.05, 4.69) is 0 Å². The van der Waals surface area contributed by atoms with E-state index in [4.69, 9.17) is 17.5 Å². The summed E-state index contributed by atoms with van der Waals surface area (Å²) >= 11 is 0. The molecule has 0 aromatic heterocycles. The van der Waals surface area contributed by atoms with Crippen LogP contribution in [0.1, 0.15) is 0 Å². The molecule has 0 atom stereocenters. The molecule has 0 aromatic rings. The average molecular weight is 146 g/mol. The van der Waals surface area contributed by atoms with Crippen molar-refractivity contribution < 1.29 is 67.7 Å². The number of hydrogen-bond donors (Lipinski definition) is 1. The fraction of sp³-hybridized carbons (Fsp3) is 0. The predicted octanol–water partition coefficient (Wildman–Crippen LogP) is -9.98. The van der Waals surface area contributed by atoms with Crippen LogP contribution in [0.2, 0.25) is 0 Å². The van der Waals surface area contributed by atoms with Crippen molar-refractivity contribution in [1.29, 1.82) is 0 Å². The Morgan fingerprint density at radius 2 is 1.25 bits per heavy atom. The first-order valence-electron chi connectivity index (χ1n) is 0.683. The number of halogens is 1. The van der Waals surface area contributed by atoms with Crippen LogP contribution in [0.5, 0.6) is 0 Å². The minimum Gasteiger partial charge on any atom is -1.00 e. The van der Waals surface area contributed by atoms with Crippen molar-refractivity contribution >= 4 is 10.4 Å². The molecule has 4 nitrogen and oxygen atoms in total. The molecule has 40 valence electrons. The molecule has 0 fully saturated rings. The molecule has 8 heteroatoms. The molecule has 0 aliphatic carbocycles. The van der Waals surface area contributed by atoms with Gasteiger partial charge in [0, 0.05) is 0 Å². The van der Waals surface area contributed by atoms with E-state index in [1.807, 2.05) is 0 Å². The van der Waals surface area contributed by atoms with Crippen molar-refractivity contribution in [3.63, 3.8) is 0 Å². The number of hydrogen-bond acceptors (Lipinski definition) is 3. The zero-order valence-corrected chi connectivity index (χ0v) is 6.03. The van der Waals surface area contributed by atoms with Crippen LogP contribution < -0.4 is 50.1 Å². The summed E-state index contributed by atoms with van der Waals surface area (Å²) in [6.45, 7) is 0. The van der Waals surface area contributed by atoms with Gasteiger partial charge >= 0.3 is 37.7 Å². The van der Waals surface area contributed by atoms with Gasteiger partial charge in [0.1, 0.15) is 0 Å². The minimum atomic E-state index is -4.92. The average Bonchev–Trinajstić information content (AvgIpc) is 0.722. The van der Waals surface area contributed by atoms with Crippen LogP contribution in [0.3, 0.4) is 0 Å². The molecule has 0 spiro atoms. The smallest absolute Gasteiger partial charge is 1.00 e. The van der Waals surface area contributed by atoms with E-state index in [0.29, 0.717) is 0 Å². The normalized spacial score (nSPS) is 7.25. The summed E-state index contributed by atoms with van der Waals surface area (Å²) in [5.74, 6) is 0. The summed E-state index contributed by atoms with van der Waals surface area (Å²) in [5.41, 5.74) is 0. The maximum atomic E-state index is 8.63. The first-order valence-corrected chi connectivity index (χ1v) is 2.05. The zero-order chi connectivity index (χ0) is 4.50. The third-order valence-electron chi connectivity index (χ3n) is 0. The first-order chi connectivity index (χ1) is 2.00. The summed E-state index contributed by atoms with van der Waals surface area (Å²) in [7, 11) is -4.92. The predicted molar refractivity (Wildman–Crippen MR) is 12.3 cm³/mol. The van der Waals surface area contributed by atoms with Crippen molar-refractivity contribution in [2.45, 2.75) is 0 Å². The van der Waals surface area contributed by atoms with Crippen molar-refractivity contribution in [1.82, 2.24) is 0 Å². The molecule has 0 aliphatic heterocycles. The minimum absolute atomic E-state index is 0. The van der Waals surface area contributed by atoms with Crippen molar-refractivity contribution in [3.8, 4) is 0 Å². The third-order valence-corrected chi connectivity index (χ3v) is 0. The van der Waals surface area contributed by atoms with E-state index in [0.717, 1.165) is 0 Å². The number of rotatable bonds is 0. The molecule has 0 saturated carbocycles. The van der Waals surface area contributed by atoms with Gasteiger partial charge in [-0.2, -0.15) is 0 Å². The standard InChI is InChI=1S/ClH.2Li.H2O4S/c;;;1-5(2,3)4/h1H;;;(H2,1,2,3,4)/q;2*+1;/p-2. The Morgan fingerprint density at radius 3 is 1.25 bits per heavy atom. The topological polar surface area (TPSA) is 77.4 Å². The molecule has 8 heavy (non-hydrogen) atoms. The van der Waals surface area contributed by atoms with Gasteiger partial charge in [0.05, 0.1) is 0 Å². The van der Waals surface area contributed by atoms with Crippen LogP contribution in [0.15, 0.2) is 0 Å². The van der Waals surface area contributed by atoms with Gasteiger partial charge in [0.25, 0.3) is 0 Å². The molecule has 1 N–H and O–H groups in total. The van der Waals surface area contributed by atoms with Gasteiger partial charge in [-0.15, -0.1) is 0 Å². The molecule has 0 radical (unpaired) electrons. The Hall–Kier alpha value is 1.35. The van der Waals surface area contributed by atoms with Gasteiger partial charge < -0.3 is 17.0 Å². The van der Waals surface area contributed by atoms with Crippen LogP contribution in [-0.4, -0.2) is 17.5 Å². The quantitative estimate of drug-likeness (QED) is 0.209. The molecule has 0 bridgehead atoms.